The molecular weight excluding hydrogens is 176 g/mol. The number of amides is 1. The van der Waals surface area contributed by atoms with E-state index in [1.807, 2.05) is 0 Å². The highest BCUT2D eigenvalue weighted by Gasteiger charge is 2.08. The summed E-state index contributed by atoms with van der Waals surface area (Å²) in [6.07, 6.45) is 6.66. The lowest BCUT2D eigenvalue weighted by Crippen LogP contribution is -2.19. The van der Waals surface area contributed by atoms with Crippen LogP contribution in [0.2, 0.25) is 0 Å². The molecule has 1 heterocycles. The highest BCUT2D eigenvalue weighted by molar-refractivity contribution is 5.84. The Morgan fingerprint density at radius 3 is 2.36 bits per heavy atom. The normalized spacial score (nSPS) is 15.8. The maximum Gasteiger partial charge on any atom is 0.240 e. The van der Waals surface area contributed by atoms with Crippen molar-refractivity contribution in [1.82, 2.24) is 4.90 Å². The Labute approximate surface area is 87.0 Å². The van der Waals surface area contributed by atoms with Crippen molar-refractivity contribution in [3.63, 3.8) is 0 Å². The Bertz CT molecular complexity index is 163. The predicted molar refractivity (Wildman–Crippen MR) is 60.0 cm³/mol. The number of likely N-dealkylation sites (tertiary alicyclic amines) is 1. The van der Waals surface area contributed by atoms with Crippen LogP contribution in [0.25, 0.3) is 0 Å². The molecule has 1 aliphatic heterocycles. The van der Waals surface area contributed by atoms with Crippen LogP contribution in [-0.2, 0) is 4.79 Å². The van der Waals surface area contributed by atoms with Crippen LogP contribution in [-0.4, -0.2) is 30.4 Å². The van der Waals surface area contributed by atoms with Crippen LogP contribution in [0.4, 0.5) is 0 Å². The van der Waals surface area contributed by atoms with E-state index in [1.165, 1.54) is 45.3 Å². The van der Waals surface area contributed by atoms with E-state index in [-0.39, 0.29) is 0 Å². The van der Waals surface area contributed by atoms with Gasteiger partial charge in [-0.15, -0.1) is 0 Å². The summed E-state index contributed by atoms with van der Waals surface area (Å²) < 4.78 is 0. The zero-order valence-corrected chi connectivity index (χ0v) is 9.17. The fourth-order valence-electron chi connectivity index (χ4n) is 1.39. The summed E-state index contributed by atoms with van der Waals surface area (Å²) in [4.78, 5) is 12.0. The summed E-state index contributed by atoms with van der Waals surface area (Å²) in [6.45, 7) is 9.41. The largest absolute Gasteiger partial charge is 0.366 e. The van der Waals surface area contributed by atoms with Gasteiger partial charge in [-0.25, -0.2) is 0 Å². The third-order valence-electron chi connectivity index (χ3n) is 2.23. The molecule has 3 heteroatoms. The lowest BCUT2D eigenvalue weighted by molar-refractivity contribution is -0.113. The molecule has 1 aliphatic rings. The molecular formula is C11H22N2O. The van der Waals surface area contributed by atoms with Crippen molar-refractivity contribution in [2.24, 2.45) is 5.73 Å². The summed E-state index contributed by atoms with van der Waals surface area (Å²) in [5.74, 6) is -0.481. The molecule has 0 spiro atoms. The molecule has 0 aromatic heterocycles. The summed E-state index contributed by atoms with van der Waals surface area (Å²) in [7, 11) is 0. The molecule has 14 heavy (non-hydrogen) atoms. The Hall–Kier alpha value is -0.830. The van der Waals surface area contributed by atoms with Gasteiger partial charge in [0.2, 0.25) is 5.91 Å². The van der Waals surface area contributed by atoms with Gasteiger partial charge in [0.1, 0.15) is 0 Å². The van der Waals surface area contributed by atoms with E-state index >= 15 is 0 Å². The van der Waals surface area contributed by atoms with E-state index in [0.717, 1.165) is 6.08 Å². The molecule has 0 bridgehead atoms. The standard InChI is InChI=1S/C8H17N.C3H5NO/c1-2-3-6-9-7-4-5-8-9;1-2-3(4)5/h2-8H2,1H3;2H,1H2,(H2,4,5). The van der Waals surface area contributed by atoms with Crippen molar-refractivity contribution in [1.29, 1.82) is 0 Å². The van der Waals surface area contributed by atoms with Crippen molar-refractivity contribution in [3.8, 4) is 0 Å². The molecule has 0 aliphatic carbocycles. The van der Waals surface area contributed by atoms with Crippen molar-refractivity contribution in [3.05, 3.63) is 12.7 Å². The van der Waals surface area contributed by atoms with E-state index in [2.05, 4.69) is 24.1 Å². The third-order valence-corrected chi connectivity index (χ3v) is 2.23. The zero-order chi connectivity index (χ0) is 10.8. The van der Waals surface area contributed by atoms with Gasteiger partial charge in [-0.05, 0) is 45.0 Å². The molecule has 1 amide bonds. The van der Waals surface area contributed by atoms with Crippen molar-refractivity contribution in [2.45, 2.75) is 32.6 Å². The van der Waals surface area contributed by atoms with Crippen LogP contribution in [0, 0.1) is 0 Å². The minimum absolute atomic E-state index is 0.481. The number of unbranched alkanes of at least 4 members (excludes halogenated alkanes) is 1. The second-order valence-corrected chi connectivity index (χ2v) is 3.51. The monoisotopic (exact) mass is 198 g/mol. The van der Waals surface area contributed by atoms with Crippen LogP contribution < -0.4 is 5.73 Å². The van der Waals surface area contributed by atoms with Gasteiger partial charge in [0.05, 0.1) is 0 Å². The first-order valence-corrected chi connectivity index (χ1v) is 5.35. The zero-order valence-electron chi connectivity index (χ0n) is 9.17. The van der Waals surface area contributed by atoms with Crippen molar-refractivity contribution >= 4 is 5.91 Å². The third kappa shape index (κ3) is 7.80. The van der Waals surface area contributed by atoms with Crippen molar-refractivity contribution < 1.29 is 4.79 Å². The topological polar surface area (TPSA) is 46.3 Å². The molecule has 0 radical (unpaired) electrons. The number of hydrogen-bond donors (Lipinski definition) is 1. The second kappa shape index (κ2) is 8.75. The Kier molecular flexibility index (Phi) is 8.24. The summed E-state index contributed by atoms with van der Waals surface area (Å²) in [6, 6.07) is 0. The number of nitrogens with zero attached hydrogens (tertiary/aromatic N) is 1. The average Bonchev–Trinajstić information content (AvgIpc) is 2.68. The summed E-state index contributed by atoms with van der Waals surface area (Å²) in [5, 5.41) is 0. The van der Waals surface area contributed by atoms with Crippen LogP contribution in [0.3, 0.4) is 0 Å². The quantitative estimate of drug-likeness (QED) is 0.696. The molecule has 82 valence electrons. The Morgan fingerprint density at radius 2 is 2.00 bits per heavy atom. The van der Waals surface area contributed by atoms with Crippen LogP contribution >= 0.6 is 0 Å². The number of nitrogens with two attached hydrogens (primary N) is 1. The smallest absolute Gasteiger partial charge is 0.240 e. The van der Waals surface area contributed by atoms with E-state index in [4.69, 9.17) is 0 Å². The van der Waals surface area contributed by atoms with Crippen LogP contribution in [0.5, 0.6) is 0 Å². The first kappa shape index (κ1) is 13.2. The second-order valence-electron chi connectivity index (χ2n) is 3.51. The van der Waals surface area contributed by atoms with Gasteiger partial charge in [0.15, 0.2) is 0 Å². The average molecular weight is 198 g/mol. The minimum Gasteiger partial charge on any atom is -0.366 e. The Morgan fingerprint density at radius 1 is 1.50 bits per heavy atom. The van der Waals surface area contributed by atoms with Gasteiger partial charge in [-0.1, -0.05) is 19.9 Å². The van der Waals surface area contributed by atoms with E-state index in [1.54, 1.807) is 0 Å². The molecule has 1 saturated heterocycles. The highest BCUT2D eigenvalue weighted by atomic mass is 16.1. The van der Waals surface area contributed by atoms with Gasteiger partial charge in [-0.3, -0.25) is 4.79 Å². The molecule has 1 rings (SSSR count). The first-order valence-electron chi connectivity index (χ1n) is 5.35. The molecule has 0 saturated carbocycles. The lowest BCUT2D eigenvalue weighted by atomic mass is 10.3. The predicted octanol–water partition coefficient (Wildman–Crippen LogP) is 1.54. The maximum atomic E-state index is 9.47. The molecule has 2 N–H and O–H groups in total. The van der Waals surface area contributed by atoms with Gasteiger partial charge in [-0.2, -0.15) is 0 Å². The van der Waals surface area contributed by atoms with Gasteiger partial charge < -0.3 is 10.6 Å². The van der Waals surface area contributed by atoms with Crippen LogP contribution in [0.1, 0.15) is 32.6 Å². The van der Waals surface area contributed by atoms with Gasteiger partial charge in [0.25, 0.3) is 0 Å². The molecule has 0 aromatic carbocycles. The summed E-state index contributed by atoms with van der Waals surface area (Å²) in [5.41, 5.74) is 4.53. The van der Waals surface area contributed by atoms with E-state index < -0.39 is 5.91 Å². The Balaban J connectivity index is 0.000000292. The minimum atomic E-state index is -0.481. The van der Waals surface area contributed by atoms with Gasteiger partial charge >= 0.3 is 0 Å². The molecule has 1 fully saturated rings. The summed E-state index contributed by atoms with van der Waals surface area (Å²) >= 11 is 0. The van der Waals surface area contributed by atoms with Crippen molar-refractivity contribution in [2.75, 3.05) is 19.6 Å². The van der Waals surface area contributed by atoms with E-state index in [9.17, 15) is 4.79 Å². The number of primary amides is 1. The van der Waals surface area contributed by atoms with Gasteiger partial charge in [0, 0.05) is 0 Å². The molecule has 0 aromatic rings. The highest BCUT2D eigenvalue weighted by Crippen LogP contribution is 2.07. The molecule has 0 atom stereocenters. The fraction of sp³-hybridized carbons (Fsp3) is 0.727. The fourth-order valence-corrected chi connectivity index (χ4v) is 1.39. The first-order chi connectivity index (χ1) is 6.70. The number of rotatable bonds is 4. The van der Waals surface area contributed by atoms with E-state index in [0.29, 0.717) is 0 Å². The number of carbonyl (C=O) groups excluding carboxylic acids is 1. The number of hydrogen-bond acceptors (Lipinski definition) is 2. The molecule has 3 nitrogen and oxygen atoms in total. The lowest BCUT2D eigenvalue weighted by Gasteiger charge is -2.12. The SMILES string of the molecule is C=CC(N)=O.CCCCN1CCCC1. The maximum absolute atomic E-state index is 9.47. The number of carbonyl (C=O) groups is 1. The molecule has 0 unspecified atom stereocenters. The van der Waals surface area contributed by atoms with Crippen LogP contribution in [0.15, 0.2) is 12.7 Å².